The van der Waals surface area contributed by atoms with Crippen LogP contribution in [0.25, 0.3) is 0 Å². The molecule has 0 aliphatic heterocycles. The van der Waals surface area contributed by atoms with Gasteiger partial charge in [-0.3, -0.25) is 0 Å². The zero-order chi connectivity index (χ0) is 8.31. The third kappa shape index (κ3) is 2.72. The second-order valence-corrected chi connectivity index (χ2v) is 3.82. The normalized spacial score (nSPS) is 18.0. The highest BCUT2D eigenvalue weighted by Gasteiger charge is 2.18. The molecule has 2 atom stereocenters. The van der Waals surface area contributed by atoms with Crippen molar-refractivity contribution in [3.63, 3.8) is 0 Å². The molecule has 0 aliphatic rings. The van der Waals surface area contributed by atoms with E-state index in [0.717, 1.165) is 0 Å². The van der Waals surface area contributed by atoms with Crippen LogP contribution >= 0.6 is 0 Å². The first kappa shape index (κ1) is 10.0. The monoisotopic (exact) mass is 140 g/mol. The average molecular weight is 140 g/mol. The average Bonchev–Trinajstić information content (AvgIpc) is 1.84. The van der Waals surface area contributed by atoms with Gasteiger partial charge in [0, 0.05) is 0 Å². The summed E-state index contributed by atoms with van der Waals surface area (Å²) in [6, 6.07) is 0. The van der Waals surface area contributed by atoms with Crippen molar-refractivity contribution in [2.45, 2.75) is 27.7 Å². The standard InChI is InChI=1S/C10H20/c1-7(2)9(5)10(6)8(3)4/h7-10H,5-6H2,1-4H3. The van der Waals surface area contributed by atoms with E-state index in [1.165, 1.54) is 0 Å². The zero-order valence-electron chi connectivity index (χ0n) is 7.72. The Morgan fingerprint density at radius 3 is 1.00 bits per heavy atom. The van der Waals surface area contributed by atoms with Crippen LogP contribution in [0.2, 0.25) is 0 Å². The predicted octanol–water partition coefficient (Wildman–Crippen LogP) is 3.20. The Bertz CT molecular complexity index is 70.0. The van der Waals surface area contributed by atoms with E-state index >= 15 is 0 Å². The van der Waals surface area contributed by atoms with Crippen LogP contribution in [0.1, 0.15) is 27.7 Å². The molecule has 0 aromatic heterocycles. The van der Waals surface area contributed by atoms with E-state index in [0.29, 0.717) is 23.7 Å². The van der Waals surface area contributed by atoms with Gasteiger partial charge in [0.1, 0.15) is 0 Å². The van der Waals surface area contributed by atoms with Gasteiger partial charge in [-0.15, -0.1) is 0 Å². The Hall–Kier alpha value is 0. The third-order valence-electron chi connectivity index (χ3n) is 2.26. The van der Waals surface area contributed by atoms with E-state index < -0.39 is 0 Å². The van der Waals surface area contributed by atoms with Gasteiger partial charge >= 0.3 is 0 Å². The predicted molar refractivity (Wildman–Crippen MR) is 47.4 cm³/mol. The number of rotatable bonds is 3. The molecule has 2 unspecified atom stereocenters. The van der Waals surface area contributed by atoms with Crippen LogP contribution in [-0.4, -0.2) is 0 Å². The summed E-state index contributed by atoms with van der Waals surface area (Å²) >= 11 is 0. The molecule has 0 bridgehead atoms. The van der Waals surface area contributed by atoms with Crippen molar-refractivity contribution in [1.82, 2.24) is 0 Å². The molecule has 0 aromatic carbocycles. The molecular formula is C10H20. The molecule has 0 heteroatoms. The first-order chi connectivity index (χ1) is 4.46. The molecule has 10 heavy (non-hydrogen) atoms. The highest BCUT2D eigenvalue weighted by molar-refractivity contribution is 4.78. The topological polar surface area (TPSA) is 0 Å². The maximum Gasteiger partial charge on any atom is -0.0360 e. The molecule has 0 saturated carbocycles. The third-order valence-corrected chi connectivity index (χ3v) is 2.26. The summed E-state index contributed by atoms with van der Waals surface area (Å²) in [6.07, 6.45) is 0. The molecule has 0 spiro atoms. The van der Waals surface area contributed by atoms with Gasteiger partial charge in [0.2, 0.25) is 0 Å². The summed E-state index contributed by atoms with van der Waals surface area (Å²) < 4.78 is 0. The van der Waals surface area contributed by atoms with Gasteiger partial charge in [-0.1, -0.05) is 27.7 Å². The summed E-state index contributed by atoms with van der Waals surface area (Å²) in [5.41, 5.74) is 0. The summed E-state index contributed by atoms with van der Waals surface area (Å²) in [6.45, 7) is 17.0. The van der Waals surface area contributed by atoms with Crippen molar-refractivity contribution in [2.75, 3.05) is 0 Å². The van der Waals surface area contributed by atoms with E-state index in [9.17, 15) is 0 Å². The van der Waals surface area contributed by atoms with Crippen LogP contribution in [0.5, 0.6) is 0 Å². The van der Waals surface area contributed by atoms with Crippen molar-refractivity contribution in [2.24, 2.45) is 23.7 Å². The molecule has 0 amide bonds. The molecule has 0 aliphatic carbocycles. The first-order valence-corrected chi connectivity index (χ1v) is 4.13. The molecule has 60 valence electrons. The highest BCUT2D eigenvalue weighted by atomic mass is 14.2. The fourth-order valence-electron chi connectivity index (χ4n) is 0.989. The van der Waals surface area contributed by atoms with Crippen LogP contribution in [0, 0.1) is 37.5 Å². The smallest absolute Gasteiger partial charge is 0.0360 e. The highest BCUT2D eigenvalue weighted by Crippen LogP contribution is 2.25. The van der Waals surface area contributed by atoms with Crippen LogP contribution in [0.3, 0.4) is 0 Å². The molecule has 2 radical (unpaired) electrons. The van der Waals surface area contributed by atoms with Crippen LogP contribution in [-0.2, 0) is 0 Å². The molecule has 0 nitrogen and oxygen atoms in total. The minimum atomic E-state index is 0.500. The Balaban J connectivity index is 3.81. The lowest BCUT2D eigenvalue weighted by molar-refractivity contribution is 0.290. The number of hydrogen-bond donors (Lipinski definition) is 0. The van der Waals surface area contributed by atoms with Gasteiger partial charge < -0.3 is 0 Å². The molecule has 0 fully saturated rings. The van der Waals surface area contributed by atoms with Crippen molar-refractivity contribution in [3.8, 4) is 0 Å². The Labute approximate surface area is 66.0 Å². The molecule has 0 rings (SSSR count). The largest absolute Gasteiger partial charge is 0.0625 e. The lowest BCUT2D eigenvalue weighted by Gasteiger charge is -2.26. The molecule has 0 saturated heterocycles. The van der Waals surface area contributed by atoms with E-state index in [1.54, 1.807) is 0 Å². The fraction of sp³-hybridized carbons (Fsp3) is 0.800. The quantitative estimate of drug-likeness (QED) is 0.564. The van der Waals surface area contributed by atoms with Crippen molar-refractivity contribution < 1.29 is 0 Å². The van der Waals surface area contributed by atoms with Gasteiger partial charge in [-0.2, -0.15) is 0 Å². The zero-order valence-corrected chi connectivity index (χ0v) is 7.72. The van der Waals surface area contributed by atoms with Gasteiger partial charge in [-0.25, -0.2) is 0 Å². The molecule has 0 heterocycles. The lowest BCUT2D eigenvalue weighted by atomic mass is 9.80. The first-order valence-electron chi connectivity index (χ1n) is 4.13. The molecule has 0 N–H and O–H groups in total. The molecular weight excluding hydrogens is 120 g/mol. The maximum atomic E-state index is 4.10. The van der Waals surface area contributed by atoms with Crippen molar-refractivity contribution in [3.05, 3.63) is 13.8 Å². The van der Waals surface area contributed by atoms with E-state index in [1.807, 2.05) is 0 Å². The summed E-state index contributed by atoms with van der Waals surface area (Å²) in [4.78, 5) is 0. The SMILES string of the molecule is [CH2]C(C(C)C)C([CH2])C(C)C. The number of hydrogen-bond acceptors (Lipinski definition) is 0. The second kappa shape index (κ2) is 4.00. The second-order valence-electron chi connectivity index (χ2n) is 3.82. The van der Waals surface area contributed by atoms with Gasteiger partial charge in [0.25, 0.3) is 0 Å². The Kier molecular flexibility index (Phi) is 4.00. The summed E-state index contributed by atoms with van der Waals surface area (Å²) in [7, 11) is 0. The van der Waals surface area contributed by atoms with Crippen molar-refractivity contribution >= 4 is 0 Å². The Morgan fingerprint density at radius 1 is 0.700 bits per heavy atom. The fourth-order valence-corrected chi connectivity index (χ4v) is 0.989. The summed E-state index contributed by atoms with van der Waals surface area (Å²) in [5.74, 6) is 2.31. The van der Waals surface area contributed by atoms with Crippen molar-refractivity contribution in [1.29, 1.82) is 0 Å². The van der Waals surface area contributed by atoms with Crippen LogP contribution in [0.4, 0.5) is 0 Å². The van der Waals surface area contributed by atoms with E-state index in [-0.39, 0.29) is 0 Å². The van der Waals surface area contributed by atoms with Gasteiger partial charge in [0.05, 0.1) is 0 Å². The maximum absolute atomic E-state index is 4.10. The minimum absolute atomic E-state index is 0.500. The van der Waals surface area contributed by atoms with Gasteiger partial charge in [-0.05, 0) is 37.5 Å². The minimum Gasteiger partial charge on any atom is -0.0625 e. The van der Waals surface area contributed by atoms with Gasteiger partial charge in [0.15, 0.2) is 0 Å². The van der Waals surface area contributed by atoms with Crippen LogP contribution < -0.4 is 0 Å². The lowest BCUT2D eigenvalue weighted by Crippen LogP contribution is -2.19. The Morgan fingerprint density at radius 2 is 0.900 bits per heavy atom. The van der Waals surface area contributed by atoms with E-state index in [2.05, 4.69) is 41.5 Å². The summed E-state index contributed by atoms with van der Waals surface area (Å²) in [5, 5.41) is 0. The van der Waals surface area contributed by atoms with E-state index in [4.69, 9.17) is 0 Å². The van der Waals surface area contributed by atoms with Crippen LogP contribution in [0.15, 0.2) is 0 Å². The molecule has 0 aromatic rings.